The van der Waals surface area contributed by atoms with Crippen LogP contribution in [-0.2, 0) is 14.8 Å². The Morgan fingerprint density at radius 3 is 2.53 bits per heavy atom. The maximum Gasteiger partial charge on any atom is 0.247 e. The number of aliphatic hydroxyl groups excluding tert-OH is 1. The summed E-state index contributed by atoms with van der Waals surface area (Å²) in [6, 6.07) is 3.90. The predicted molar refractivity (Wildman–Crippen MR) is 130 cm³/mol. The maximum atomic E-state index is 13.5. The van der Waals surface area contributed by atoms with Gasteiger partial charge in [0.15, 0.2) is 0 Å². The van der Waals surface area contributed by atoms with Crippen molar-refractivity contribution >= 4 is 15.9 Å². The summed E-state index contributed by atoms with van der Waals surface area (Å²) < 4.78 is 34.5. The van der Waals surface area contributed by atoms with E-state index in [0.29, 0.717) is 5.56 Å². The Morgan fingerprint density at radius 2 is 1.97 bits per heavy atom. The van der Waals surface area contributed by atoms with E-state index in [4.69, 9.17) is 4.74 Å². The molecule has 3 atom stereocenters. The van der Waals surface area contributed by atoms with Crippen LogP contribution in [0.3, 0.4) is 0 Å². The van der Waals surface area contributed by atoms with Gasteiger partial charge in [-0.05, 0) is 53.1 Å². The fraction of sp³-hybridized carbons (Fsp3) is 0.625. The molecule has 1 aromatic rings. The number of amides is 1. The number of sulfonamides is 1. The summed E-state index contributed by atoms with van der Waals surface area (Å²) in [4.78, 5) is 15.9. The van der Waals surface area contributed by atoms with Gasteiger partial charge in [-0.2, -0.15) is 4.31 Å². The van der Waals surface area contributed by atoms with Gasteiger partial charge < -0.3 is 24.7 Å². The highest BCUT2D eigenvalue weighted by Gasteiger charge is 2.38. The van der Waals surface area contributed by atoms with Gasteiger partial charge in [0.25, 0.3) is 0 Å². The van der Waals surface area contributed by atoms with Crippen LogP contribution in [0.5, 0.6) is 5.75 Å². The molecule has 190 valence electrons. The van der Waals surface area contributed by atoms with Gasteiger partial charge >= 0.3 is 0 Å². The van der Waals surface area contributed by atoms with Crippen LogP contribution in [0.1, 0.15) is 33.3 Å². The zero-order chi connectivity index (χ0) is 25.8. The molecule has 10 heteroatoms. The van der Waals surface area contributed by atoms with Gasteiger partial charge in [0.2, 0.25) is 15.9 Å². The SMILES string of the molecule is C[C@H]1CN([C@@H](C)CO)S(=O)(=O)c2ccc(C#CC(C)(C)O)cc2O[C@H]1CN(C)C(=O)CN(C)C. The van der Waals surface area contributed by atoms with E-state index in [0.717, 1.165) is 0 Å². The van der Waals surface area contributed by atoms with Gasteiger partial charge in [-0.3, -0.25) is 4.79 Å². The minimum atomic E-state index is -3.97. The fourth-order valence-corrected chi connectivity index (χ4v) is 5.34. The van der Waals surface area contributed by atoms with Crippen LogP contribution >= 0.6 is 0 Å². The second-order valence-electron chi connectivity index (χ2n) is 9.72. The number of likely N-dealkylation sites (N-methyl/N-ethyl adjacent to an activating group) is 2. The van der Waals surface area contributed by atoms with Gasteiger partial charge in [-0.25, -0.2) is 8.42 Å². The van der Waals surface area contributed by atoms with Crippen molar-refractivity contribution in [3.05, 3.63) is 23.8 Å². The van der Waals surface area contributed by atoms with E-state index in [-0.39, 0.29) is 48.7 Å². The second-order valence-corrected chi connectivity index (χ2v) is 11.6. The molecule has 9 nitrogen and oxygen atoms in total. The lowest BCUT2D eigenvalue weighted by Crippen LogP contribution is -2.50. The molecule has 34 heavy (non-hydrogen) atoms. The summed E-state index contributed by atoms with van der Waals surface area (Å²) >= 11 is 0. The first-order valence-electron chi connectivity index (χ1n) is 11.2. The highest BCUT2D eigenvalue weighted by Crippen LogP contribution is 2.34. The van der Waals surface area contributed by atoms with E-state index in [9.17, 15) is 23.4 Å². The molecule has 0 aromatic heterocycles. The zero-order valence-corrected chi connectivity index (χ0v) is 21.9. The molecule has 0 radical (unpaired) electrons. The molecule has 0 unspecified atom stereocenters. The van der Waals surface area contributed by atoms with Crippen molar-refractivity contribution in [1.82, 2.24) is 14.1 Å². The number of rotatable bonds is 6. The number of hydrogen-bond acceptors (Lipinski definition) is 7. The van der Waals surface area contributed by atoms with E-state index < -0.39 is 27.8 Å². The molecular formula is C24H37N3O6S. The molecule has 0 saturated heterocycles. The Hall–Kier alpha value is -2.16. The van der Waals surface area contributed by atoms with E-state index in [1.165, 1.54) is 10.4 Å². The predicted octanol–water partition coefficient (Wildman–Crippen LogP) is 0.598. The molecule has 2 N–H and O–H groups in total. The largest absolute Gasteiger partial charge is 0.487 e. The normalized spacial score (nSPS) is 21.4. The standard InChI is InChI=1S/C24H37N3O6S/c1-17-13-27(18(2)16-28)34(31,32)22-9-8-19(10-11-24(3,4)30)12-20(22)33-21(17)14-26(7)23(29)15-25(5)6/h8-9,12,17-18,21,28,30H,13-16H2,1-7H3/t17-,18-,21-/m0/s1. The molecule has 1 aliphatic heterocycles. The Morgan fingerprint density at radius 1 is 1.32 bits per heavy atom. The molecule has 1 aliphatic rings. The Balaban J connectivity index is 2.55. The number of hydrogen-bond donors (Lipinski definition) is 2. The average Bonchev–Trinajstić information content (AvgIpc) is 2.73. The smallest absolute Gasteiger partial charge is 0.247 e. The van der Waals surface area contributed by atoms with Crippen molar-refractivity contribution in [2.75, 3.05) is 47.4 Å². The number of ether oxygens (including phenoxy) is 1. The van der Waals surface area contributed by atoms with Crippen molar-refractivity contribution in [2.24, 2.45) is 5.92 Å². The summed E-state index contributed by atoms with van der Waals surface area (Å²) in [6.45, 7) is 6.93. The van der Waals surface area contributed by atoms with E-state index in [1.807, 2.05) is 21.0 Å². The molecule has 1 heterocycles. The topological polar surface area (TPSA) is 111 Å². The Kier molecular flexibility index (Phi) is 9.13. The second kappa shape index (κ2) is 11.1. The maximum absolute atomic E-state index is 13.5. The molecule has 0 aliphatic carbocycles. The molecule has 1 amide bonds. The number of aliphatic hydroxyl groups is 2. The van der Waals surface area contributed by atoms with Crippen LogP contribution in [0.25, 0.3) is 0 Å². The third-order valence-corrected chi connectivity index (χ3v) is 7.53. The number of benzene rings is 1. The summed E-state index contributed by atoms with van der Waals surface area (Å²) in [5, 5.41) is 19.7. The van der Waals surface area contributed by atoms with E-state index >= 15 is 0 Å². The van der Waals surface area contributed by atoms with Crippen molar-refractivity contribution in [2.45, 2.75) is 50.3 Å². The molecular weight excluding hydrogens is 458 g/mol. The van der Waals surface area contributed by atoms with Gasteiger partial charge in [0.1, 0.15) is 22.4 Å². The number of fused-ring (bicyclic) bond motifs is 1. The minimum absolute atomic E-state index is 0.0271. The van der Waals surface area contributed by atoms with Gasteiger partial charge in [-0.15, -0.1) is 0 Å². The summed E-state index contributed by atoms with van der Waals surface area (Å²) in [7, 11) is 1.35. The van der Waals surface area contributed by atoms with E-state index in [2.05, 4.69) is 11.8 Å². The van der Waals surface area contributed by atoms with Crippen molar-refractivity contribution in [3.8, 4) is 17.6 Å². The van der Waals surface area contributed by atoms with Crippen molar-refractivity contribution < 1.29 is 28.2 Å². The summed E-state index contributed by atoms with van der Waals surface area (Å²) in [6.07, 6.45) is -0.503. The quantitative estimate of drug-likeness (QED) is 0.556. The van der Waals surface area contributed by atoms with Crippen molar-refractivity contribution in [3.63, 3.8) is 0 Å². The van der Waals surface area contributed by atoms with Gasteiger partial charge in [0, 0.05) is 31.1 Å². The lowest BCUT2D eigenvalue weighted by Gasteiger charge is -2.37. The minimum Gasteiger partial charge on any atom is -0.487 e. The van der Waals surface area contributed by atoms with Crippen LogP contribution in [-0.4, -0.2) is 104 Å². The third kappa shape index (κ3) is 7.17. The molecule has 0 fully saturated rings. The average molecular weight is 496 g/mol. The summed E-state index contributed by atoms with van der Waals surface area (Å²) in [5.41, 5.74) is -0.723. The first kappa shape index (κ1) is 28.1. The first-order valence-corrected chi connectivity index (χ1v) is 12.7. The van der Waals surface area contributed by atoms with Crippen molar-refractivity contribution in [1.29, 1.82) is 0 Å². The molecule has 0 bridgehead atoms. The Labute approximate surface area is 203 Å². The number of carbonyl (C=O) groups is 1. The number of carbonyl (C=O) groups excluding carboxylic acids is 1. The molecule has 0 spiro atoms. The lowest BCUT2D eigenvalue weighted by molar-refractivity contribution is -0.132. The highest BCUT2D eigenvalue weighted by molar-refractivity contribution is 7.89. The molecule has 0 saturated carbocycles. The van der Waals surface area contributed by atoms with Gasteiger partial charge in [0.05, 0.1) is 19.7 Å². The highest BCUT2D eigenvalue weighted by atomic mass is 32.2. The summed E-state index contributed by atoms with van der Waals surface area (Å²) in [5.74, 6) is 5.33. The molecule has 2 rings (SSSR count). The zero-order valence-electron chi connectivity index (χ0n) is 21.1. The lowest BCUT2D eigenvalue weighted by atomic mass is 10.0. The first-order chi connectivity index (χ1) is 15.7. The van der Waals surface area contributed by atoms with Crippen LogP contribution in [0.2, 0.25) is 0 Å². The fourth-order valence-electron chi connectivity index (χ4n) is 3.51. The molecule has 1 aromatic carbocycles. The monoisotopic (exact) mass is 495 g/mol. The third-order valence-electron chi connectivity index (χ3n) is 5.51. The van der Waals surface area contributed by atoms with Crippen LogP contribution in [0.4, 0.5) is 0 Å². The van der Waals surface area contributed by atoms with Crippen LogP contribution in [0.15, 0.2) is 23.1 Å². The van der Waals surface area contributed by atoms with Crippen LogP contribution in [0, 0.1) is 17.8 Å². The van der Waals surface area contributed by atoms with Crippen LogP contribution < -0.4 is 4.74 Å². The van der Waals surface area contributed by atoms with Gasteiger partial charge in [-0.1, -0.05) is 18.8 Å². The number of nitrogens with zero attached hydrogens (tertiary/aromatic N) is 3. The van der Waals surface area contributed by atoms with E-state index in [1.54, 1.807) is 49.8 Å². The Bertz CT molecular complexity index is 1040.